The molecule has 142 valence electrons. The maximum Gasteiger partial charge on any atom is 0.217 e. The van der Waals surface area contributed by atoms with Crippen molar-refractivity contribution in [3.05, 3.63) is 46.7 Å². The lowest BCUT2D eigenvalue weighted by molar-refractivity contribution is -0.118. The molecule has 3 rings (SSSR count). The number of carbonyl (C=O) groups is 1. The van der Waals surface area contributed by atoms with Gasteiger partial charge in [0.15, 0.2) is 5.16 Å². The van der Waals surface area contributed by atoms with Gasteiger partial charge in [-0.1, -0.05) is 49.9 Å². The van der Waals surface area contributed by atoms with Gasteiger partial charge in [-0.25, -0.2) is 4.98 Å². The van der Waals surface area contributed by atoms with Crippen molar-refractivity contribution in [3.63, 3.8) is 0 Å². The summed E-state index contributed by atoms with van der Waals surface area (Å²) < 4.78 is 1.92. The predicted octanol–water partition coefficient (Wildman–Crippen LogP) is 3.77. The molecule has 6 nitrogen and oxygen atoms in total. The van der Waals surface area contributed by atoms with Crippen LogP contribution in [0.3, 0.4) is 0 Å². The monoisotopic (exact) mass is 401 g/mol. The van der Waals surface area contributed by atoms with Crippen molar-refractivity contribution in [1.29, 1.82) is 0 Å². The van der Waals surface area contributed by atoms with Gasteiger partial charge in [-0.3, -0.25) is 4.79 Å². The summed E-state index contributed by atoms with van der Waals surface area (Å²) in [4.78, 5) is 16.7. The molecule has 0 aliphatic rings. The SMILES string of the molecule is CC(C)c1ccc(-c2ncc(CSc3nnc(CCC(N)=O)n3C)s2)cc1. The van der Waals surface area contributed by atoms with Crippen molar-refractivity contribution >= 4 is 29.0 Å². The van der Waals surface area contributed by atoms with Crippen molar-refractivity contribution in [1.82, 2.24) is 19.7 Å². The van der Waals surface area contributed by atoms with Crippen molar-refractivity contribution in [2.75, 3.05) is 0 Å². The molecule has 0 radical (unpaired) electrons. The van der Waals surface area contributed by atoms with Crippen molar-refractivity contribution in [3.8, 4) is 10.6 Å². The maximum absolute atomic E-state index is 10.9. The van der Waals surface area contributed by atoms with E-state index in [1.54, 1.807) is 23.1 Å². The molecule has 0 saturated carbocycles. The number of rotatable bonds is 8. The van der Waals surface area contributed by atoms with E-state index in [0.717, 1.165) is 27.3 Å². The zero-order chi connectivity index (χ0) is 19.4. The first kappa shape index (κ1) is 19.6. The Hall–Kier alpha value is -2.19. The summed E-state index contributed by atoms with van der Waals surface area (Å²) in [6.45, 7) is 4.39. The minimum atomic E-state index is -0.328. The summed E-state index contributed by atoms with van der Waals surface area (Å²) in [5.41, 5.74) is 7.68. The lowest BCUT2D eigenvalue weighted by Crippen LogP contribution is -2.12. The molecule has 1 aromatic carbocycles. The van der Waals surface area contributed by atoms with E-state index in [2.05, 4.69) is 53.3 Å². The minimum absolute atomic E-state index is 0.282. The van der Waals surface area contributed by atoms with Crippen LogP contribution in [0.4, 0.5) is 0 Å². The molecule has 0 saturated heterocycles. The summed E-state index contributed by atoms with van der Waals surface area (Å²) in [5, 5.41) is 10.2. The standard InChI is InChI=1S/C19H23N5OS2/c1-12(2)13-4-6-14(7-5-13)18-21-10-15(27-18)11-26-19-23-22-17(24(19)3)9-8-16(20)25/h4-7,10,12H,8-9,11H2,1-3H3,(H2,20,25). The van der Waals surface area contributed by atoms with Gasteiger partial charge in [0, 0.05) is 42.3 Å². The summed E-state index contributed by atoms with van der Waals surface area (Å²) in [7, 11) is 1.91. The van der Waals surface area contributed by atoms with Gasteiger partial charge in [-0.15, -0.1) is 21.5 Å². The number of nitrogens with two attached hydrogens (primary N) is 1. The Kier molecular flexibility index (Phi) is 6.28. The van der Waals surface area contributed by atoms with E-state index in [-0.39, 0.29) is 12.3 Å². The number of aromatic nitrogens is 4. The lowest BCUT2D eigenvalue weighted by atomic mass is 10.0. The zero-order valence-corrected chi connectivity index (χ0v) is 17.3. The van der Waals surface area contributed by atoms with Crippen LogP contribution in [0.25, 0.3) is 10.6 Å². The maximum atomic E-state index is 10.9. The number of thioether (sulfide) groups is 1. The Balaban J connectivity index is 1.62. The molecule has 0 aliphatic carbocycles. The fourth-order valence-corrected chi connectivity index (χ4v) is 4.45. The first-order valence-corrected chi connectivity index (χ1v) is 10.6. The highest BCUT2D eigenvalue weighted by atomic mass is 32.2. The summed E-state index contributed by atoms with van der Waals surface area (Å²) in [6, 6.07) is 8.61. The van der Waals surface area contributed by atoms with Crippen LogP contribution in [0.2, 0.25) is 0 Å². The topological polar surface area (TPSA) is 86.7 Å². The van der Waals surface area contributed by atoms with Gasteiger partial charge in [0.2, 0.25) is 5.91 Å². The molecule has 1 amide bonds. The van der Waals surface area contributed by atoms with Crippen LogP contribution in [-0.2, 0) is 24.0 Å². The van der Waals surface area contributed by atoms with Gasteiger partial charge >= 0.3 is 0 Å². The number of hydrogen-bond donors (Lipinski definition) is 1. The van der Waals surface area contributed by atoms with Crippen LogP contribution in [0, 0.1) is 0 Å². The highest BCUT2D eigenvalue weighted by Crippen LogP contribution is 2.30. The van der Waals surface area contributed by atoms with Gasteiger partial charge in [-0.05, 0) is 11.5 Å². The quantitative estimate of drug-likeness (QED) is 0.581. The van der Waals surface area contributed by atoms with E-state index in [1.165, 1.54) is 10.4 Å². The average molecular weight is 402 g/mol. The third-order valence-electron chi connectivity index (χ3n) is 4.24. The second kappa shape index (κ2) is 8.67. The van der Waals surface area contributed by atoms with Gasteiger partial charge in [0.05, 0.1) is 0 Å². The number of thiazole rings is 1. The molecule has 2 N–H and O–H groups in total. The normalized spacial score (nSPS) is 11.3. The minimum Gasteiger partial charge on any atom is -0.370 e. The van der Waals surface area contributed by atoms with E-state index < -0.39 is 0 Å². The van der Waals surface area contributed by atoms with E-state index >= 15 is 0 Å². The lowest BCUT2D eigenvalue weighted by Gasteiger charge is -2.05. The van der Waals surface area contributed by atoms with E-state index in [0.29, 0.717) is 12.3 Å². The van der Waals surface area contributed by atoms with Crippen LogP contribution >= 0.6 is 23.1 Å². The van der Waals surface area contributed by atoms with Gasteiger partial charge < -0.3 is 10.3 Å². The molecule has 0 fully saturated rings. The highest BCUT2D eigenvalue weighted by molar-refractivity contribution is 7.98. The molecule has 0 bridgehead atoms. The van der Waals surface area contributed by atoms with Crippen LogP contribution in [-0.4, -0.2) is 25.7 Å². The number of benzene rings is 1. The predicted molar refractivity (Wildman–Crippen MR) is 110 cm³/mol. The van der Waals surface area contributed by atoms with E-state index in [1.807, 2.05) is 17.8 Å². The largest absolute Gasteiger partial charge is 0.370 e. The fraction of sp³-hybridized carbons (Fsp3) is 0.368. The number of amides is 1. The molecule has 27 heavy (non-hydrogen) atoms. The van der Waals surface area contributed by atoms with Gasteiger partial charge in [-0.2, -0.15) is 0 Å². The molecule has 0 unspecified atom stereocenters. The highest BCUT2D eigenvalue weighted by Gasteiger charge is 2.12. The Bertz CT molecular complexity index is 915. The summed E-state index contributed by atoms with van der Waals surface area (Å²) in [6.07, 6.45) is 2.72. The molecular weight excluding hydrogens is 378 g/mol. The number of aryl methyl sites for hydroxylation is 1. The molecule has 3 aromatic rings. The molecule has 8 heteroatoms. The van der Waals surface area contributed by atoms with Gasteiger partial charge in [0.25, 0.3) is 0 Å². The molecule has 0 atom stereocenters. The third kappa shape index (κ3) is 4.95. The Morgan fingerprint density at radius 2 is 2.00 bits per heavy atom. The smallest absolute Gasteiger partial charge is 0.217 e. The molecule has 0 aliphatic heterocycles. The number of primary amides is 1. The van der Waals surface area contributed by atoms with Crippen LogP contribution in [0.5, 0.6) is 0 Å². The first-order chi connectivity index (χ1) is 12.9. The third-order valence-corrected chi connectivity index (χ3v) is 6.54. The second-order valence-electron chi connectivity index (χ2n) is 6.62. The molecular formula is C19H23N5OS2. The summed E-state index contributed by atoms with van der Waals surface area (Å²) in [5.74, 6) is 1.75. The second-order valence-corrected chi connectivity index (χ2v) is 8.68. The van der Waals surface area contributed by atoms with Crippen LogP contribution < -0.4 is 5.73 Å². The van der Waals surface area contributed by atoms with E-state index in [4.69, 9.17) is 5.73 Å². The van der Waals surface area contributed by atoms with E-state index in [9.17, 15) is 4.79 Å². The summed E-state index contributed by atoms with van der Waals surface area (Å²) >= 11 is 3.31. The molecule has 2 aromatic heterocycles. The number of nitrogens with zero attached hydrogens (tertiary/aromatic N) is 4. The van der Waals surface area contributed by atoms with Crippen LogP contribution in [0.15, 0.2) is 35.6 Å². The number of hydrogen-bond acceptors (Lipinski definition) is 6. The van der Waals surface area contributed by atoms with Crippen LogP contribution in [0.1, 0.15) is 42.5 Å². The Morgan fingerprint density at radius 1 is 1.26 bits per heavy atom. The Morgan fingerprint density at radius 3 is 2.67 bits per heavy atom. The van der Waals surface area contributed by atoms with Gasteiger partial charge in [0.1, 0.15) is 10.8 Å². The molecule has 2 heterocycles. The van der Waals surface area contributed by atoms with Crippen molar-refractivity contribution in [2.24, 2.45) is 12.8 Å². The number of carbonyl (C=O) groups excluding carboxylic acids is 1. The first-order valence-electron chi connectivity index (χ1n) is 8.78. The zero-order valence-electron chi connectivity index (χ0n) is 15.7. The average Bonchev–Trinajstić information content (AvgIpc) is 3.25. The Labute approximate surface area is 167 Å². The van der Waals surface area contributed by atoms with Crippen molar-refractivity contribution in [2.45, 2.75) is 43.5 Å². The van der Waals surface area contributed by atoms with Crippen molar-refractivity contribution < 1.29 is 4.79 Å². The fourth-order valence-electron chi connectivity index (χ4n) is 2.58. The molecule has 0 spiro atoms.